The van der Waals surface area contributed by atoms with Crippen LogP contribution < -0.4 is 5.32 Å². The zero-order valence-electron chi connectivity index (χ0n) is 11.5. The molecule has 0 aromatic carbocycles. The number of nitrogens with one attached hydrogen (secondary N) is 1. The van der Waals surface area contributed by atoms with Crippen molar-refractivity contribution in [3.63, 3.8) is 0 Å². The lowest BCUT2D eigenvalue weighted by Crippen LogP contribution is -2.09. The number of carbonyl (C=O) groups excluding carboxylic acids is 1. The van der Waals surface area contributed by atoms with Gasteiger partial charge in [-0.3, -0.25) is 9.78 Å². The van der Waals surface area contributed by atoms with E-state index in [1.54, 1.807) is 13.1 Å². The molecule has 0 saturated heterocycles. The third kappa shape index (κ3) is 4.03. The van der Waals surface area contributed by atoms with E-state index in [0.29, 0.717) is 6.61 Å². The summed E-state index contributed by atoms with van der Waals surface area (Å²) in [4.78, 5) is 19.9. The summed E-state index contributed by atoms with van der Waals surface area (Å²) < 4.78 is 4.90. The second-order valence-electron chi connectivity index (χ2n) is 4.28. The average Bonchev–Trinajstić information content (AvgIpc) is 2.87. The highest BCUT2D eigenvalue weighted by Gasteiger charge is 2.11. The van der Waals surface area contributed by atoms with E-state index in [1.165, 1.54) is 11.3 Å². The predicted octanol–water partition coefficient (Wildman–Crippen LogP) is 2.82. The van der Waals surface area contributed by atoms with Gasteiger partial charge in [0.05, 0.1) is 24.8 Å². The molecule has 0 radical (unpaired) electrons. The van der Waals surface area contributed by atoms with Crippen LogP contribution in [0.4, 0.5) is 5.13 Å². The van der Waals surface area contributed by atoms with Crippen molar-refractivity contribution in [3.05, 3.63) is 41.2 Å². The Morgan fingerprint density at radius 1 is 1.55 bits per heavy atom. The summed E-state index contributed by atoms with van der Waals surface area (Å²) in [6.07, 6.45) is 3.79. The maximum absolute atomic E-state index is 11.4. The Hall–Kier alpha value is -1.95. The Morgan fingerprint density at radius 3 is 3.10 bits per heavy atom. The van der Waals surface area contributed by atoms with Gasteiger partial charge in [-0.15, -0.1) is 11.3 Å². The Balaban J connectivity index is 1.94. The number of rotatable bonds is 6. The molecule has 2 aromatic rings. The average molecular weight is 291 g/mol. The van der Waals surface area contributed by atoms with Gasteiger partial charge in [0.1, 0.15) is 0 Å². The van der Waals surface area contributed by atoms with Gasteiger partial charge in [-0.05, 0) is 25.5 Å². The van der Waals surface area contributed by atoms with Crippen molar-refractivity contribution in [1.29, 1.82) is 0 Å². The maximum atomic E-state index is 11.4. The number of ether oxygens (including phenoxy) is 1. The molecule has 1 unspecified atom stereocenters. The summed E-state index contributed by atoms with van der Waals surface area (Å²) in [6.45, 7) is 4.23. The van der Waals surface area contributed by atoms with E-state index in [-0.39, 0.29) is 18.4 Å². The van der Waals surface area contributed by atoms with Crippen molar-refractivity contribution in [1.82, 2.24) is 9.97 Å². The molecule has 0 aliphatic heterocycles. The van der Waals surface area contributed by atoms with Crippen LogP contribution >= 0.6 is 11.3 Å². The van der Waals surface area contributed by atoms with Gasteiger partial charge >= 0.3 is 5.97 Å². The molecule has 0 aliphatic rings. The fourth-order valence-corrected chi connectivity index (χ4v) is 2.51. The Kier molecular flexibility index (Phi) is 5.06. The number of carbonyl (C=O) groups is 1. The number of hydrogen-bond donors (Lipinski definition) is 1. The van der Waals surface area contributed by atoms with E-state index in [9.17, 15) is 4.79 Å². The van der Waals surface area contributed by atoms with Crippen LogP contribution in [0.25, 0.3) is 0 Å². The summed E-state index contributed by atoms with van der Waals surface area (Å²) in [6, 6.07) is 4.03. The molecule has 1 atom stereocenters. The van der Waals surface area contributed by atoms with Crippen LogP contribution in [-0.4, -0.2) is 22.5 Å². The molecule has 1 N–H and O–H groups in total. The fraction of sp³-hybridized carbons (Fsp3) is 0.357. The van der Waals surface area contributed by atoms with Gasteiger partial charge < -0.3 is 10.1 Å². The SMILES string of the molecule is CCOC(=O)Cc1csc(NC(C)c2cccnc2)n1. The normalized spacial score (nSPS) is 11.9. The minimum absolute atomic E-state index is 0.116. The number of esters is 1. The third-order valence-corrected chi connectivity index (χ3v) is 3.53. The Bertz CT molecular complexity index is 557. The van der Waals surface area contributed by atoms with Crippen LogP contribution in [0.1, 0.15) is 31.1 Å². The van der Waals surface area contributed by atoms with Gasteiger partial charge in [-0.25, -0.2) is 4.98 Å². The Labute approximate surface area is 122 Å². The van der Waals surface area contributed by atoms with Gasteiger partial charge in [0.2, 0.25) is 0 Å². The van der Waals surface area contributed by atoms with Crippen molar-refractivity contribution in [2.24, 2.45) is 0 Å². The highest BCUT2D eigenvalue weighted by atomic mass is 32.1. The van der Waals surface area contributed by atoms with Gasteiger partial charge in [0, 0.05) is 17.8 Å². The molecule has 2 rings (SSSR count). The molecule has 0 fully saturated rings. The molecule has 2 heterocycles. The second kappa shape index (κ2) is 7.00. The van der Waals surface area contributed by atoms with E-state index < -0.39 is 0 Å². The first-order chi connectivity index (χ1) is 9.69. The van der Waals surface area contributed by atoms with Gasteiger partial charge in [-0.1, -0.05) is 6.07 Å². The van der Waals surface area contributed by atoms with Crippen LogP contribution in [0, 0.1) is 0 Å². The van der Waals surface area contributed by atoms with E-state index >= 15 is 0 Å². The highest BCUT2D eigenvalue weighted by molar-refractivity contribution is 7.13. The van der Waals surface area contributed by atoms with Crippen molar-refractivity contribution < 1.29 is 9.53 Å². The smallest absolute Gasteiger partial charge is 0.311 e. The quantitative estimate of drug-likeness (QED) is 0.829. The van der Waals surface area contributed by atoms with E-state index in [1.807, 2.05) is 30.6 Å². The molecule has 5 nitrogen and oxygen atoms in total. The summed E-state index contributed by atoms with van der Waals surface area (Å²) in [7, 11) is 0. The van der Waals surface area contributed by atoms with E-state index in [4.69, 9.17) is 4.74 Å². The van der Waals surface area contributed by atoms with Crippen LogP contribution in [0.15, 0.2) is 29.9 Å². The van der Waals surface area contributed by atoms with Gasteiger partial charge in [0.15, 0.2) is 5.13 Å². The largest absolute Gasteiger partial charge is 0.466 e. The predicted molar refractivity (Wildman–Crippen MR) is 78.7 cm³/mol. The van der Waals surface area contributed by atoms with Crippen molar-refractivity contribution in [3.8, 4) is 0 Å². The van der Waals surface area contributed by atoms with E-state index in [2.05, 4.69) is 15.3 Å². The van der Waals surface area contributed by atoms with Crippen LogP contribution in [0.3, 0.4) is 0 Å². The number of nitrogens with zero attached hydrogens (tertiary/aromatic N) is 2. The lowest BCUT2D eigenvalue weighted by Gasteiger charge is -2.12. The molecule has 0 saturated carbocycles. The molecular weight excluding hydrogens is 274 g/mol. The monoisotopic (exact) mass is 291 g/mol. The van der Waals surface area contributed by atoms with E-state index in [0.717, 1.165) is 16.4 Å². The van der Waals surface area contributed by atoms with Crippen LogP contribution in [0.5, 0.6) is 0 Å². The molecule has 0 spiro atoms. The van der Waals surface area contributed by atoms with Crippen LogP contribution in [0.2, 0.25) is 0 Å². The zero-order valence-corrected chi connectivity index (χ0v) is 12.3. The standard InChI is InChI=1S/C14H17N3O2S/c1-3-19-13(18)7-12-9-20-14(17-12)16-10(2)11-5-4-6-15-8-11/h4-6,8-10H,3,7H2,1-2H3,(H,16,17). The molecule has 2 aromatic heterocycles. The first kappa shape index (κ1) is 14.5. The maximum Gasteiger partial charge on any atom is 0.311 e. The first-order valence-electron chi connectivity index (χ1n) is 6.45. The summed E-state index contributed by atoms with van der Waals surface area (Å²) in [5.74, 6) is -0.246. The van der Waals surface area contributed by atoms with Crippen molar-refractivity contribution in [2.45, 2.75) is 26.3 Å². The number of anilines is 1. The van der Waals surface area contributed by atoms with Gasteiger partial charge in [-0.2, -0.15) is 0 Å². The highest BCUT2D eigenvalue weighted by Crippen LogP contribution is 2.22. The summed E-state index contributed by atoms with van der Waals surface area (Å²) in [5.41, 5.74) is 1.82. The zero-order chi connectivity index (χ0) is 14.4. The molecule has 106 valence electrons. The molecule has 0 bridgehead atoms. The Morgan fingerprint density at radius 2 is 2.40 bits per heavy atom. The van der Waals surface area contributed by atoms with Gasteiger partial charge in [0.25, 0.3) is 0 Å². The summed E-state index contributed by atoms with van der Waals surface area (Å²) in [5, 5.41) is 5.96. The molecule has 0 aliphatic carbocycles. The topological polar surface area (TPSA) is 64.1 Å². The van der Waals surface area contributed by atoms with Crippen molar-refractivity contribution >= 4 is 22.4 Å². The molecule has 20 heavy (non-hydrogen) atoms. The number of hydrogen-bond acceptors (Lipinski definition) is 6. The lowest BCUT2D eigenvalue weighted by molar-refractivity contribution is -0.142. The summed E-state index contributed by atoms with van der Waals surface area (Å²) >= 11 is 1.48. The number of aromatic nitrogens is 2. The van der Waals surface area contributed by atoms with Crippen LogP contribution in [-0.2, 0) is 16.0 Å². The molecule has 6 heteroatoms. The van der Waals surface area contributed by atoms with Crippen molar-refractivity contribution in [2.75, 3.05) is 11.9 Å². The third-order valence-electron chi connectivity index (χ3n) is 2.71. The fourth-order valence-electron chi connectivity index (χ4n) is 1.72. The molecule has 0 amide bonds. The minimum atomic E-state index is -0.246. The first-order valence-corrected chi connectivity index (χ1v) is 7.33. The number of pyridine rings is 1. The number of thiazole rings is 1. The molecular formula is C14H17N3O2S. The lowest BCUT2D eigenvalue weighted by atomic mass is 10.1. The minimum Gasteiger partial charge on any atom is -0.466 e. The second-order valence-corrected chi connectivity index (χ2v) is 5.14.